The molecule has 1 saturated heterocycles. The van der Waals surface area contributed by atoms with E-state index < -0.39 is 0 Å². The molecule has 1 N–H and O–H groups in total. The number of carbonyl (C=O) groups excluding carboxylic acids is 1. The summed E-state index contributed by atoms with van der Waals surface area (Å²) in [6, 6.07) is 8.19. The summed E-state index contributed by atoms with van der Waals surface area (Å²) in [6.45, 7) is 1.77. The van der Waals surface area contributed by atoms with E-state index in [1.165, 1.54) is 19.3 Å². The van der Waals surface area contributed by atoms with Gasteiger partial charge in [0.25, 0.3) is 0 Å². The van der Waals surface area contributed by atoms with Gasteiger partial charge in [0.05, 0.1) is 11.0 Å². The van der Waals surface area contributed by atoms with Crippen LogP contribution in [-0.2, 0) is 4.79 Å². The minimum absolute atomic E-state index is 0.318. The first-order valence-electron chi connectivity index (χ1n) is 9.51. The molecule has 1 aromatic carbocycles. The van der Waals surface area contributed by atoms with E-state index in [0.717, 1.165) is 55.1 Å². The number of nitrogens with one attached hydrogen (secondary N) is 1. The smallest absolute Gasteiger partial charge is 0.225 e. The van der Waals surface area contributed by atoms with Gasteiger partial charge in [-0.1, -0.05) is 18.6 Å². The van der Waals surface area contributed by atoms with E-state index in [1.54, 1.807) is 0 Å². The Kier molecular flexibility index (Phi) is 3.39. The summed E-state index contributed by atoms with van der Waals surface area (Å²) in [5.74, 6) is 3.67. The standard InChI is InChI=1S/C20H25N3O/c24-20(16-11-13-7-8-14(16)10-13)23-9-3-4-15(12-23)19-21-17-5-1-2-6-18(17)22-19/h1-2,5-6,13-16H,3-4,7-12H2,(H,21,22)/t13-,14-,15-,16+/m0/s1. The number of amides is 1. The Morgan fingerprint density at radius 2 is 2.08 bits per heavy atom. The second-order valence-corrected chi connectivity index (χ2v) is 8.04. The van der Waals surface area contributed by atoms with Gasteiger partial charge < -0.3 is 9.88 Å². The van der Waals surface area contributed by atoms with Crippen LogP contribution in [-0.4, -0.2) is 33.9 Å². The first-order chi connectivity index (χ1) is 11.8. The van der Waals surface area contributed by atoms with Crippen LogP contribution in [0.5, 0.6) is 0 Å². The van der Waals surface area contributed by atoms with E-state index in [0.29, 0.717) is 23.7 Å². The lowest BCUT2D eigenvalue weighted by Crippen LogP contribution is -2.43. The molecule has 4 nitrogen and oxygen atoms in total. The molecular weight excluding hydrogens is 298 g/mol. The van der Waals surface area contributed by atoms with Crippen molar-refractivity contribution in [1.29, 1.82) is 0 Å². The third-order valence-corrected chi connectivity index (χ3v) is 6.58. The van der Waals surface area contributed by atoms with Crippen molar-refractivity contribution in [3.63, 3.8) is 0 Å². The molecule has 1 aliphatic heterocycles. The summed E-state index contributed by atoms with van der Waals surface area (Å²) in [5.41, 5.74) is 2.13. The number of H-pyrrole nitrogens is 1. The molecule has 2 aromatic rings. The van der Waals surface area contributed by atoms with Crippen LogP contribution in [0.2, 0.25) is 0 Å². The minimum atomic E-state index is 0.318. The van der Waals surface area contributed by atoms with Crippen molar-refractivity contribution >= 4 is 16.9 Å². The molecule has 4 heteroatoms. The Morgan fingerprint density at radius 3 is 2.88 bits per heavy atom. The fourth-order valence-corrected chi connectivity index (χ4v) is 5.35. The monoisotopic (exact) mass is 323 g/mol. The van der Waals surface area contributed by atoms with Crippen LogP contribution in [0, 0.1) is 17.8 Å². The number of aromatic nitrogens is 2. The van der Waals surface area contributed by atoms with Crippen LogP contribution in [0.3, 0.4) is 0 Å². The quantitative estimate of drug-likeness (QED) is 0.916. The Labute approximate surface area is 142 Å². The SMILES string of the molecule is O=C([C@@H]1C[C@H]2CC[C@H]1C2)N1CCC[C@H](c2nc3ccccc3[nH]2)C1. The van der Waals surface area contributed by atoms with Gasteiger partial charge in [-0.05, 0) is 56.1 Å². The molecule has 0 spiro atoms. The number of aromatic amines is 1. The lowest BCUT2D eigenvalue weighted by Gasteiger charge is -2.35. The first-order valence-corrected chi connectivity index (χ1v) is 9.51. The van der Waals surface area contributed by atoms with Gasteiger partial charge in [-0.2, -0.15) is 0 Å². The molecule has 4 atom stereocenters. The van der Waals surface area contributed by atoms with Crippen LogP contribution in [0.4, 0.5) is 0 Å². The maximum Gasteiger partial charge on any atom is 0.225 e. The summed E-state index contributed by atoms with van der Waals surface area (Å²) in [7, 11) is 0. The van der Waals surface area contributed by atoms with Gasteiger partial charge in [0.2, 0.25) is 5.91 Å². The van der Waals surface area contributed by atoms with Crippen molar-refractivity contribution in [1.82, 2.24) is 14.9 Å². The van der Waals surface area contributed by atoms with Gasteiger partial charge in [0.1, 0.15) is 5.82 Å². The summed E-state index contributed by atoms with van der Waals surface area (Å²) in [5, 5.41) is 0. The average molecular weight is 323 g/mol. The number of rotatable bonds is 2. The maximum atomic E-state index is 13.0. The van der Waals surface area contributed by atoms with Crippen molar-refractivity contribution in [2.24, 2.45) is 17.8 Å². The summed E-state index contributed by atoms with van der Waals surface area (Å²) in [4.78, 5) is 23.4. The highest BCUT2D eigenvalue weighted by Gasteiger charge is 2.45. The number of carbonyl (C=O) groups is 1. The molecule has 1 amide bonds. The van der Waals surface area contributed by atoms with Crippen LogP contribution >= 0.6 is 0 Å². The normalized spacial score (nSPS) is 32.6. The van der Waals surface area contributed by atoms with Gasteiger partial charge in [0.15, 0.2) is 0 Å². The molecule has 2 aliphatic carbocycles. The third-order valence-electron chi connectivity index (χ3n) is 6.58. The van der Waals surface area contributed by atoms with Crippen molar-refractivity contribution in [2.75, 3.05) is 13.1 Å². The third kappa shape index (κ3) is 2.35. The fourth-order valence-electron chi connectivity index (χ4n) is 5.35. The van der Waals surface area contributed by atoms with Crippen LogP contribution in [0.15, 0.2) is 24.3 Å². The average Bonchev–Trinajstić information content (AvgIpc) is 3.35. The molecule has 0 radical (unpaired) electrons. The molecule has 126 valence electrons. The molecule has 2 bridgehead atoms. The molecule has 3 aliphatic rings. The molecule has 3 fully saturated rings. The number of fused-ring (bicyclic) bond motifs is 3. The number of para-hydroxylation sites is 2. The van der Waals surface area contributed by atoms with E-state index >= 15 is 0 Å². The predicted octanol–water partition coefficient (Wildman–Crippen LogP) is 3.71. The number of hydrogen-bond donors (Lipinski definition) is 1. The number of nitrogens with zero attached hydrogens (tertiary/aromatic N) is 2. The zero-order valence-corrected chi connectivity index (χ0v) is 14.1. The van der Waals surface area contributed by atoms with Crippen LogP contribution in [0.25, 0.3) is 11.0 Å². The molecule has 1 aromatic heterocycles. The molecule has 24 heavy (non-hydrogen) atoms. The second kappa shape index (κ2) is 5.61. The first kappa shape index (κ1) is 14.5. The maximum absolute atomic E-state index is 13.0. The lowest BCUT2D eigenvalue weighted by molar-refractivity contribution is -0.138. The van der Waals surface area contributed by atoms with Crippen LogP contribution in [0.1, 0.15) is 50.3 Å². The Morgan fingerprint density at radius 1 is 1.17 bits per heavy atom. The highest BCUT2D eigenvalue weighted by atomic mass is 16.2. The number of likely N-dealkylation sites (tertiary alicyclic amines) is 1. The summed E-state index contributed by atoms with van der Waals surface area (Å²) >= 11 is 0. The van der Waals surface area contributed by atoms with Crippen molar-refractivity contribution in [2.45, 2.75) is 44.4 Å². The molecule has 0 unspecified atom stereocenters. The van der Waals surface area contributed by atoms with Gasteiger partial charge in [-0.15, -0.1) is 0 Å². The Bertz CT molecular complexity index is 734. The number of imidazole rings is 1. The molecule has 2 saturated carbocycles. The number of benzene rings is 1. The fraction of sp³-hybridized carbons (Fsp3) is 0.600. The van der Waals surface area contributed by atoms with Gasteiger partial charge >= 0.3 is 0 Å². The van der Waals surface area contributed by atoms with Crippen molar-refractivity contribution in [3.8, 4) is 0 Å². The zero-order chi connectivity index (χ0) is 16.1. The highest BCUT2D eigenvalue weighted by Crippen LogP contribution is 2.49. The minimum Gasteiger partial charge on any atom is -0.342 e. The van der Waals surface area contributed by atoms with Gasteiger partial charge in [-0.3, -0.25) is 4.79 Å². The van der Waals surface area contributed by atoms with E-state index in [9.17, 15) is 4.79 Å². The van der Waals surface area contributed by atoms with Gasteiger partial charge in [0, 0.05) is 24.9 Å². The number of hydrogen-bond acceptors (Lipinski definition) is 2. The molecule has 5 rings (SSSR count). The van der Waals surface area contributed by atoms with E-state index in [4.69, 9.17) is 4.98 Å². The Hall–Kier alpha value is -1.84. The van der Waals surface area contributed by atoms with Crippen LogP contribution < -0.4 is 0 Å². The van der Waals surface area contributed by atoms with Crippen molar-refractivity contribution in [3.05, 3.63) is 30.1 Å². The predicted molar refractivity (Wildman–Crippen MR) is 93.6 cm³/mol. The molecule has 2 heterocycles. The summed E-state index contributed by atoms with van der Waals surface area (Å²) < 4.78 is 0. The van der Waals surface area contributed by atoms with Crippen molar-refractivity contribution < 1.29 is 4.79 Å². The largest absolute Gasteiger partial charge is 0.342 e. The van der Waals surface area contributed by atoms with Gasteiger partial charge in [-0.25, -0.2) is 4.98 Å². The second-order valence-electron chi connectivity index (χ2n) is 8.04. The topological polar surface area (TPSA) is 49.0 Å². The van der Waals surface area contributed by atoms with E-state index in [-0.39, 0.29) is 0 Å². The molecular formula is C20H25N3O. The summed E-state index contributed by atoms with van der Waals surface area (Å²) in [6.07, 6.45) is 7.30. The van der Waals surface area contributed by atoms with E-state index in [2.05, 4.69) is 22.0 Å². The number of piperidine rings is 1. The van der Waals surface area contributed by atoms with E-state index in [1.807, 2.05) is 12.1 Å². The Balaban J connectivity index is 1.33. The highest BCUT2D eigenvalue weighted by molar-refractivity contribution is 5.80. The lowest BCUT2D eigenvalue weighted by atomic mass is 9.86. The zero-order valence-electron chi connectivity index (χ0n) is 14.1.